The second-order valence-electron chi connectivity index (χ2n) is 2.49. The number of ether oxygens (including phenoxy) is 1. The molecule has 0 amide bonds. The number of hydrogen-bond donors (Lipinski definition) is 2. The average Bonchev–Trinajstić information content (AvgIpc) is 2.43. The molecule has 2 N–H and O–H groups in total. The van der Waals surface area contributed by atoms with Crippen LogP contribution in [0.3, 0.4) is 0 Å². The Morgan fingerprint density at radius 2 is 1.92 bits per heavy atom. The smallest absolute Gasteiger partial charge is 0.175 e. The molecule has 1 aromatic heterocycles. The fourth-order valence-corrected chi connectivity index (χ4v) is 1.36. The molecule has 2 rings (SSSR count). The minimum Gasteiger partial charge on any atom is -0.497 e. The van der Waals surface area contributed by atoms with Gasteiger partial charge in [-0.2, -0.15) is 0 Å². The Morgan fingerprint density at radius 1 is 1.23 bits per heavy atom. The maximum absolute atomic E-state index is 5.06. The number of fused-ring (bicyclic) bond motifs is 1. The van der Waals surface area contributed by atoms with Crippen molar-refractivity contribution in [1.82, 2.24) is 9.97 Å². The van der Waals surface area contributed by atoms with Crippen LogP contribution < -0.4 is 4.74 Å². The van der Waals surface area contributed by atoms with E-state index in [9.17, 15) is 0 Å². The van der Waals surface area contributed by atoms with Crippen molar-refractivity contribution in [2.45, 2.75) is 0 Å². The number of H-pyrrole nitrogens is 2. The number of methoxy groups -OCH3 is 1. The monoisotopic (exact) mass is 388 g/mol. The third kappa shape index (κ3) is 2.11. The summed E-state index contributed by atoms with van der Waals surface area (Å²) in [5.41, 5.74) is 1.97. The molecule has 66 valence electrons. The molecule has 2 aromatic rings. The topological polar surface area (TPSA) is 40.8 Å². The summed E-state index contributed by atoms with van der Waals surface area (Å²) in [6, 6.07) is 5.73. The first-order chi connectivity index (χ1) is 5.79. The SMILES string of the molecule is COc1ccc2[nH]c(=S)[nH]c2c1.[Pb]. The van der Waals surface area contributed by atoms with Gasteiger partial charge < -0.3 is 14.7 Å². The predicted molar refractivity (Wildman–Crippen MR) is 55.8 cm³/mol. The Hall–Kier alpha value is -0.368. The van der Waals surface area contributed by atoms with Crippen LogP contribution in [-0.2, 0) is 0 Å². The molecule has 4 radical (unpaired) electrons. The van der Waals surface area contributed by atoms with Crippen molar-refractivity contribution in [3.8, 4) is 5.75 Å². The summed E-state index contributed by atoms with van der Waals surface area (Å²) in [7, 11) is 1.64. The van der Waals surface area contributed by atoms with Crippen LogP contribution in [0.4, 0.5) is 0 Å². The van der Waals surface area contributed by atoms with E-state index in [-0.39, 0.29) is 27.3 Å². The van der Waals surface area contributed by atoms with Crippen molar-refractivity contribution in [3.63, 3.8) is 0 Å². The molecule has 1 aromatic carbocycles. The minimum absolute atomic E-state index is 0. The van der Waals surface area contributed by atoms with Gasteiger partial charge in [-0.1, -0.05) is 0 Å². The van der Waals surface area contributed by atoms with Crippen LogP contribution in [0.1, 0.15) is 0 Å². The number of rotatable bonds is 1. The molecule has 0 unspecified atom stereocenters. The van der Waals surface area contributed by atoms with E-state index in [4.69, 9.17) is 17.0 Å². The Morgan fingerprint density at radius 3 is 2.62 bits per heavy atom. The van der Waals surface area contributed by atoms with Gasteiger partial charge in [0.05, 0.1) is 18.1 Å². The van der Waals surface area contributed by atoms with Crippen molar-refractivity contribution >= 4 is 50.6 Å². The van der Waals surface area contributed by atoms with Gasteiger partial charge in [-0.3, -0.25) is 0 Å². The van der Waals surface area contributed by atoms with E-state index >= 15 is 0 Å². The Kier molecular flexibility index (Phi) is 3.48. The van der Waals surface area contributed by atoms with Gasteiger partial charge in [-0.05, 0) is 24.4 Å². The summed E-state index contributed by atoms with van der Waals surface area (Å²) < 4.78 is 5.70. The van der Waals surface area contributed by atoms with Crippen LogP contribution in [-0.4, -0.2) is 44.4 Å². The van der Waals surface area contributed by atoms with Crippen LogP contribution >= 0.6 is 12.2 Å². The van der Waals surface area contributed by atoms with Crippen LogP contribution in [0, 0.1) is 4.77 Å². The van der Waals surface area contributed by atoms with Gasteiger partial charge >= 0.3 is 0 Å². The molecule has 0 fully saturated rings. The molecule has 0 aliphatic carbocycles. The molecule has 0 saturated heterocycles. The Balaban J connectivity index is 0.000000845. The minimum atomic E-state index is 0. The number of aromatic amines is 2. The van der Waals surface area contributed by atoms with Gasteiger partial charge in [0.1, 0.15) is 5.75 Å². The molecular formula is C8H8N2OPbS. The van der Waals surface area contributed by atoms with Crippen molar-refractivity contribution in [1.29, 1.82) is 0 Å². The van der Waals surface area contributed by atoms with Crippen molar-refractivity contribution in [2.24, 2.45) is 0 Å². The van der Waals surface area contributed by atoms with E-state index in [2.05, 4.69) is 9.97 Å². The van der Waals surface area contributed by atoms with Gasteiger partial charge in [-0.25, -0.2) is 0 Å². The summed E-state index contributed by atoms with van der Waals surface area (Å²) >= 11 is 4.94. The molecule has 13 heavy (non-hydrogen) atoms. The molecule has 5 heteroatoms. The summed E-state index contributed by atoms with van der Waals surface area (Å²) in [6.45, 7) is 0. The van der Waals surface area contributed by atoms with Crippen LogP contribution in [0.5, 0.6) is 5.75 Å². The van der Waals surface area contributed by atoms with Gasteiger partial charge in [0.25, 0.3) is 0 Å². The number of hydrogen-bond acceptors (Lipinski definition) is 2. The number of imidazole rings is 1. The Bertz CT molecular complexity index is 462. The second kappa shape index (κ2) is 4.23. The maximum atomic E-state index is 5.06. The third-order valence-electron chi connectivity index (χ3n) is 1.72. The summed E-state index contributed by atoms with van der Waals surface area (Å²) in [5.74, 6) is 0.827. The fraction of sp³-hybridized carbons (Fsp3) is 0.125. The summed E-state index contributed by atoms with van der Waals surface area (Å²) in [4.78, 5) is 6.03. The van der Waals surface area contributed by atoms with Gasteiger partial charge in [0.15, 0.2) is 4.77 Å². The zero-order chi connectivity index (χ0) is 8.55. The third-order valence-corrected chi connectivity index (χ3v) is 1.93. The molecular weight excluding hydrogens is 379 g/mol. The first-order valence-electron chi connectivity index (χ1n) is 3.55. The quantitative estimate of drug-likeness (QED) is 0.579. The summed E-state index contributed by atoms with van der Waals surface area (Å²) in [5, 5.41) is 0. The number of nitrogens with one attached hydrogen (secondary N) is 2. The molecule has 0 saturated carbocycles. The zero-order valence-electron chi connectivity index (χ0n) is 7.05. The number of benzene rings is 1. The van der Waals surface area contributed by atoms with Gasteiger partial charge in [-0.15, -0.1) is 0 Å². The van der Waals surface area contributed by atoms with Gasteiger partial charge in [0, 0.05) is 33.4 Å². The van der Waals surface area contributed by atoms with E-state index in [1.165, 1.54) is 0 Å². The first-order valence-corrected chi connectivity index (χ1v) is 3.96. The molecule has 0 spiro atoms. The molecule has 0 atom stereocenters. The fourth-order valence-electron chi connectivity index (χ4n) is 1.14. The van der Waals surface area contributed by atoms with E-state index in [1.807, 2.05) is 18.2 Å². The maximum Gasteiger partial charge on any atom is 0.175 e. The largest absolute Gasteiger partial charge is 0.497 e. The van der Waals surface area contributed by atoms with Crippen LogP contribution in [0.2, 0.25) is 0 Å². The number of aromatic nitrogens is 2. The second-order valence-corrected chi connectivity index (χ2v) is 2.90. The van der Waals surface area contributed by atoms with Gasteiger partial charge in [0.2, 0.25) is 0 Å². The molecule has 0 aliphatic heterocycles. The average molecular weight is 387 g/mol. The van der Waals surface area contributed by atoms with E-state index in [0.29, 0.717) is 4.77 Å². The summed E-state index contributed by atoms with van der Waals surface area (Å²) in [6.07, 6.45) is 0. The standard InChI is InChI=1S/C8H8N2OS.Pb/c1-11-5-2-3-6-7(4-5)10-8(12)9-6;/h2-4H,1H3,(H2,9,10,12);. The van der Waals surface area contributed by atoms with Crippen LogP contribution in [0.25, 0.3) is 11.0 Å². The van der Waals surface area contributed by atoms with Crippen molar-refractivity contribution in [3.05, 3.63) is 23.0 Å². The van der Waals surface area contributed by atoms with E-state index in [1.54, 1.807) is 7.11 Å². The Labute approximate surface area is 101 Å². The zero-order valence-corrected chi connectivity index (χ0v) is 11.8. The van der Waals surface area contributed by atoms with Crippen LogP contribution in [0.15, 0.2) is 18.2 Å². The molecule has 1 heterocycles. The normalized spacial score (nSPS) is 9.62. The molecule has 0 bridgehead atoms. The van der Waals surface area contributed by atoms with E-state index in [0.717, 1.165) is 16.8 Å². The van der Waals surface area contributed by atoms with Crippen molar-refractivity contribution in [2.75, 3.05) is 7.11 Å². The first kappa shape index (κ1) is 10.7. The molecule has 0 aliphatic rings. The van der Waals surface area contributed by atoms with Crippen molar-refractivity contribution < 1.29 is 4.74 Å². The molecule has 3 nitrogen and oxygen atoms in total. The van der Waals surface area contributed by atoms with E-state index < -0.39 is 0 Å². The predicted octanol–water partition coefficient (Wildman–Crippen LogP) is 1.85.